The van der Waals surface area contributed by atoms with Crippen LogP contribution in [-0.2, 0) is 11.3 Å². The van der Waals surface area contributed by atoms with E-state index in [1.807, 2.05) is 19.2 Å². The Morgan fingerprint density at radius 2 is 2.50 bits per heavy atom. The van der Waals surface area contributed by atoms with Crippen LogP contribution >= 0.6 is 0 Å². The van der Waals surface area contributed by atoms with Gasteiger partial charge >= 0.3 is 0 Å². The van der Waals surface area contributed by atoms with Gasteiger partial charge in [0.25, 0.3) is 0 Å². The van der Waals surface area contributed by atoms with Crippen LogP contribution in [0, 0.1) is 0 Å². The Balaban J connectivity index is 2.48. The van der Waals surface area contributed by atoms with Gasteiger partial charge in [-0.15, -0.1) is 0 Å². The molecular formula is C9H10N2O. The lowest BCUT2D eigenvalue weighted by molar-refractivity contribution is -0.122. The largest absolute Gasteiger partial charge is 0.351 e. The van der Waals surface area contributed by atoms with Crippen LogP contribution in [-0.4, -0.2) is 10.9 Å². The number of hydrogen-bond acceptors (Lipinski definition) is 2. The molecule has 1 unspecified atom stereocenters. The van der Waals surface area contributed by atoms with Gasteiger partial charge in [0.05, 0.1) is 5.92 Å². The van der Waals surface area contributed by atoms with Crippen LogP contribution in [0.3, 0.4) is 0 Å². The van der Waals surface area contributed by atoms with Gasteiger partial charge in [-0.05, 0) is 24.1 Å². The summed E-state index contributed by atoms with van der Waals surface area (Å²) in [5, 5.41) is 2.81. The zero-order chi connectivity index (χ0) is 8.55. The van der Waals surface area contributed by atoms with Gasteiger partial charge in [-0.25, -0.2) is 0 Å². The first-order valence-corrected chi connectivity index (χ1v) is 3.99. The second-order valence-electron chi connectivity index (χ2n) is 3.01. The van der Waals surface area contributed by atoms with Gasteiger partial charge in [-0.1, -0.05) is 0 Å². The van der Waals surface area contributed by atoms with E-state index in [2.05, 4.69) is 10.3 Å². The fraction of sp³-hybridized carbons (Fsp3) is 0.333. The molecule has 1 atom stereocenters. The first-order chi connectivity index (χ1) is 5.79. The van der Waals surface area contributed by atoms with E-state index in [1.54, 1.807) is 6.20 Å². The Morgan fingerprint density at radius 1 is 1.67 bits per heavy atom. The summed E-state index contributed by atoms with van der Waals surface area (Å²) in [6.45, 7) is 2.53. The highest BCUT2D eigenvalue weighted by atomic mass is 16.1. The standard InChI is InChI=1S/C9H10N2O/c1-6-8-2-3-10-4-7(8)5-11-9(6)12/h2-4,6H,5H2,1H3,(H,11,12). The van der Waals surface area contributed by atoms with Gasteiger partial charge in [-0.3, -0.25) is 9.78 Å². The molecule has 0 bridgehead atoms. The monoisotopic (exact) mass is 162 g/mol. The summed E-state index contributed by atoms with van der Waals surface area (Å²) in [4.78, 5) is 15.2. The number of carbonyl (C=O) groups excluding carboxylic acids is 1. The number of fused-ring (bicyclic) bond motifs is 1. The fourth-order valence-corrected chi connectivity index (χ4v) is 1.48. The summed E-state index contributed by atoms with van der Waals surface area (Å²) < 4.78 is 0. The predicted molar refractivity (Wildman–Crippen MR) is 44.5 cm³/mol. The molecule has 0 saturated carbocycles. The summed E-state index contributed by atoms with van der Waals surface area (Å²) in [5.74, 6) is 0.0745. The number of nitrogens with one attached hydrogen (secondary N) is 1. The van der Waals surface area contributed by atoms with Crippen LogP contribution < -0.4 is 5.32 Å². The van der Waals surface area contributed by atoms with Crippen molar-refractivity contribution in [3.8, 4) is 0 Å². The molecule has 2 heterocycles. The molecule has 3 heteroatoms. The molecule has 0 spiro atoms. The van der Waals surface area contributed by atoms with Crippen LogP contribution in [0.25, 0.3) is 0 Å². The molecule has 1 aromatic heterocycles. The van der Waals surface area contributed by atoms with E-state index in [-0.39, 0.29) is 11.8 Å². The van der Waals surface area contributed by atoms with E-state index in [0.717, 1.165) is 11.1 Å². The Hall–Kier alpha value is -1.38. The number of carbonyl (C=O) groups is 1. The average Bonchev–Trinajstić information content (AvgIpc) is 2.12. The second kappa shape index (κ2) is 2.59. The number of pyridine rings is 1. The lowest BCUT2D eigenvalue weighted by Crippen LogP contribution is -2.33. The third-order valence-electron chi connectivity index (χ3n) is 2.25. The maximum atomic E-state index is 11.2. The van der Waals surface area contributed by atoms with Crippen LogP contribution in [0.4, 0.5) is 0 Å². The van der Waals surface area contributed by atoms with Crippen molar-refractivity contribution in [2.24, 2.45) is 0 Å². The highest BCUT2D eigenvalue weighted by Gasteiger charge is 2.22. The molecule has 0 fully saturated rings. The maximum absolute atomic E-state index is 11.2. The number of nitrogens with zero attached hydrogens (tertiary/aromatic N) is 1. The van der Waals surface area contributed by atoms with E-state index in [4.69, 9.17) is 0 Å². The van der Waals surface area contributed by atoms with Crippen molar-refractivity contribution in [1.82, 2.24) is 10.3 Å². The molecule has 1 aliphatic heterocycles. The molecule has 1 aliphatic rings. The third kappa shape index (κ3) is 0.978. The summed E-state index contributed by atoms with van der Waals surface area (Å²) in [5.41, 5.74) is 2.23. The second-order valence-corrected chi connectivity index (χ2v) is 3.01. The van der Waals surface area contributed by atoms with Crippen LogP contribution in [0.5, 0.6) is 0 Å². The smallest absolute Gasteiger partial charge is 0.227 e. The van der Waals surface area contributed by atoms with E-state index < -0.39 is 0 Å². The highest BCUT2D eigenvalue weighted by molar-refractivity contribution is 5.85. The number of rotatable bonds is 0. The minimum atomic E-state index is -0.0308. The van der Waals surface area contributed by atoms with E-state index in [9.17, 15) is 4.79 Å². The first-order valence-electron chi connectivity index (χ1n) is 3.99. The molecule has 1 amide bonds. The topological polar surface area (TPSA) is 42.0 Å². The van der Waals surface area contributed by atoms with Gasteiger partial charge in [-0.2, -0.15) is 0 Å². The van der Waals surface area contributed by atoms with Crippen molar-refractivity contribution in [2.45, 2.75) is 19.4 Å². The predicted octanol–water partition coefficient (Wildman–Crippen LogP) is 0.815. The fourth-order valence-electron chi connectivity index (χ4n) is 1.48. The van der Waals surface area contributed by atoms with Gasteiger partial charge in [0.2, 0.25) is 5.91 Å². The number of amides is 1. The maximum Gasteiger partial charge on any atom is 0.227 e. The van der Waals surface area contributed by atoms with Crippen molar-refractivity contribution in [2.75, 3.05) is 0 Å². The van der Waals surface area contributed by atoms with Crippen molar-refractivity contribution in [3.05, 3.63) is 29.6 Å². The minimum absolute atomic E-state index is 0.0308. The summed E-state index contributed by atoms with van der Waals surface area (Å²) >= 11 is 0. The third-order valence-corrected chi connectivity index (χ3v) is 2.25. The van der Waals surface area contributed by atoms with Gasteiger partial charge < -0.3 is 5.32 Å². The van der Waals surface area contributed by atoms with Gasteiger partial charge in [0, 0.05) is 18.9 Å². The molecule has 0 aromatic carbocycles. The zero-order valence-corrected chi connectivity index (χ0v) is 6.87. The van der Waals surface area contributed by atoms with E-state index in [0.29, 0.717) is 6.54 Å². The Morgan fingerprint density at radius 3 is 3.33 bits per heavy atom. The van der Waals surface area contributed by atoms with Crippen molar-refractivity contribution in [1.29, 1.82) is 0 Å². The summed E-state index contributed by atoms with van der Waals surface area (Å²) in [7, 11) is 0. The lowest BCUT2D eigenvalue weighted by atomic mass is 9.93. The molecular weight excluding hydrogens is 152 g/mol. The van der Waals surface area contributed by atoms with Crippen LogP contribution in [0.1, 0.15) is 24.0 Å². The first kappa shape index (κ1) is 7.28. The van der Waals surface area contributed by atoms with Crippen LogP contribution in [0.2, 0.25) is 0 Å². The molecule has 62 valence electrons. The molecule has 1 N–H and O–H groups in total. The zero-order valence-electron chi connectivity index (χ0n) is 6.87. The van der Waals surface area contributed by atoms with E-state index >= 15 is 0 Å². The Kier molecular flexibility index (Phi) is 1.57. The van der Waals surface area contributed by atoms with E-state index in [1.165, 1.54) is 0 Å². The molecule has 3 nitrogen and oxygen atoms in total. The van der Waals surface area contributed by atoms with Crippen LogP contribution in [0.15, 0.2) is 18.5 Å². The van der Waals surface area contributed by atoms with Gasteiger partial charge in [0.1, 0.15) is 0 Å². The Labute approximate surface area is 70.8 Å². The average molecular weight is 162 g/mol. The lowest BCUT2D eigenvalue weighted by Gasteiger charge is -2.21. The molecule has 0 aliphatic carbocycles. The molecule has 2 rings (SSSR count). The molecule has 0 radical (unpaired) electrons. The minimum Gasteiger partial charge on any atom is -0.351 e. The summed E-state index contributed by atoms with van der Waals surface area (Å²) in [6.07, 6.45) is 3.54. The normalized spacial score (nSPS) is 21.4. The molecule has 1 aromatic rings. The highest BCUT2D eigenvalue weighted by Crippen LogP contribution is 2.22. The molecule has 12 heavy (non-hydrogen) atoms. The van der Waals surface area contributed by atoms with Crippen molar-refractivity contribution < 1.29 is 4.79 Å². The summed E-state index contributed by atoms with van der Waals surface area (Å²) in [6, 6.07) is 1.92. The van der Waals surface area contributed by atoms with Crippen molar-refractivity contribution in [3.63, 3.8) is 0 Å². The Bertz CT molecular complexity index is 322. The quantitative estimate of drug-likeness (QED) is 0.613. The number of aromatic nitrogens is 1. The number of hydrogen-bond donors (Lipinski definition) is 1. The van der Waals surface area contributed by atoms with Crippen molar-refractivity contribution >= 4 is 5.91 Å². The SMILES string of the molecule is CC1C(=O)NCc2cnccc21. The van der Waals surface area contributed by atoms with Gasteiger partial charge in [0.15, 0.2) is 0 Å². The molecule has 0 saturated heterocycles.